The summed E-state index contributed by atoms with van der Waals surface area (Å²) in [6.07, 6.45) is 1.44. The molecule has 0 amide bonds. The van der Waals surface area contributed by atoms with Gasteiger partial charge in [0.25, 0.3) is 0 Å². The molecule has 0 saturated heterocycles. The van der Waals surface area contributed by atoms with E-state index in [0.717, 1.165) is 0 Å². The Kier molecular flexibility index (Phi) is 2.05. The van der Waals surface area contributed by atoms with E-state index in [9.17, 15) is 4.79 Å². The number of hydrogen-bond donors (Lipinski definition) is 2. The van der Waals surface area contributed by atoms with Gasteiger partial charge in [-0.2, -0.15) is 0 Å². The van der Waals surface area contributed by atoms with Crippen LogP contribution in [-0.2, 0) is 0 Å². The third-order valence-electron chi connectivity index (χ3n) is 1.66. The molecule has 2 heterocycles. The van der Waals surface area contributed by atoms with Gasteiger partial charge in [-0.1, -0.05) is 0 Å². The van der Waals surface area contributed by atoms with Crippen LogP contribution >= 0.6 is 0 Å². The molecule has 3 N–H and O–H groups in total. The van der Waals surface area contributed by atoms with E-state index >= 15 is 0 Å². The molecule has 7 nitrogen and oxygen atoms in total. The van der Waals surface area contributed by atoms with Crippen molar-refractivity contribution in [3.63, 3.8) is 0 Å². The van der Waals surface area contributed by atoms with Crippen LogP contribution in [0.25, 0.3) is 11.6 Å². The summed E-state index contributed by atoms with van der Waals surface area (Å²) in [7, 11) is 0. The maximum Gasteiger partial charge on any atom is 0.360 e. The molecule has 0 atom stereocenters. The van der Waals surface area contributed by atoms with Crippen LogP contribution in [0, 0.1) is 0 Å². The van der Waals surface area contributed by atoms with E-state index < -0.39 is 5.97 Å². The lowest BCUT2D eigenvalue weighted by atomic mass is 10.4. The van der Waals surface area contributed by atoms with Crippen LogP contribution in [0.5, 0.6) is 0 Å². The van der Waals surface area contributed by atoms with Crippen molar-refractivity contribution in [3.05, 3.63) is 24.1 Å². The number of aromatic carboxylic acids is 1. The average molecular weight is 206 g/mol. The summed E-state index contributed by atoms with van der Waals surface area (Å²) in [6.45, 7) is 0. The van der Waals surface area contributed by atoms with Gasteiger partial charge in [0.2, 0.25) is 11.5 Å². The highest BCUT2D eigenvalue weighted by atomic mass is 16.4. The second kappa shape index (κ2) is 3.37. The van der Waals surface area contributed by atoms with E-state index in [0.29, 0.717) is 5.76 Å². The lowest BCUT2D eigenvalue weighted by Gasteiger charge is -1.98. The first kappa shape index (κ1) is 9.13. The van der Waals surface area contributed by atoms with Gasteiger partial charge in [0.05, 0.1) is 6.26 Å². The number of nitrogens with two attached hydrogens (primary N) is 1. The van der Waals surface area contributed by atoms with Crippen molar-refractivity contribution in [3.8, 4) is 11.6 Å². The molecule has 0 saturated carbocycles. The van der Waals surface area contributed by atoms with Gasteiger partial charge in [-0.25, -0.2) is 9.78 Å². The van der Waals surface area contributed by atoms with Crippen molar-refractivity contribution < 1.29 is 14.3 Å². The molecule has 0 aliphatic rings. The van der Waals surface area contributed by atoms with E-state index in [1.807, 2.05) is 0 Å². The Morgan fingerprint density at radius 2 is 2.27 bits per heavy atom. The molecule has 0 fully saturated rings. The SMILES string of the molecule is Nc1nc(-c2ccco2)nnc1C(=O)O. The summed E-state index contributed by atoms with van der Waals surface area (Å²) in [5.74, 6) is -0.920. The van der Waals surface area contributed by atoms with Gasteiger partial charge >= 0.3 is 5.97 Å². The molecule has 0 aliphatic heterocycles. The fourth-order valence-electron chi connectivity index (χ4n) is 1.00. The van der Waals surface area contributed by atoms with Crippen LogP contribution in [0.15, 0.2) is 22.8 Å². The average Bonchev–Trinajstić information content (AvgIpc) is 2.69. The van der Waals surface area contributed by atoms with Crippen LogP contribution in [0.4, 0.5) is 5.82 Å². The van der Waals surface area contributed by atoms with Gasteiger partial charge in [0, 0.05) is 0 Å². The number of carboxylic acid groups (broad SMARTS) is 1. The predicted octanol–water partition coefficient (Wildman–Crippen LogP) is 0.412. The van der Waals surface area contributed by atoms with Crippen LogP contribution in [0.3, 0.4) is 0 Å². The molecule has 2 aromatic rings. The highest BCUT2D eigenvalue weighted by Crippen LogP contribution is 2.15. The summed E-state index contributed by atoms with van der Waals surface area (Å²) in [6, 6.07) is 3.27. The molecule has 0 aliphatic carbocycles. The van der Waals surface area contributed by atoms with E-state index in [2.05, 4.69) is 15.2 Å². The van der Waals surface area contributed by atoms with Gasteiger partial charge < -0.3 is 15.3 Å². The van der Waals surface area contributed by atoms with Crippen LogP contribution < -0.4 is 5.73 Å². The molecule has 76 valence electrons. The van der Waals surface area contributed by atoms with Gasteiger partial charge in [0.1, 0.15) is 0 Å². The number of hydrogen-bond acceptors (Lipinski definition) is 6. The lowest BCUT2D eigenvalue weighted by molar-refractivity contribution is 0.0690. The summed E-state index contributed by atoms with van der Waals surface area (Å²) in [5.41, 5.74) is 5.02. The monoisotopic (exact) mass is 206 g/mol. The Balaban J connectivity index is 2.47. The highest BCUT2D eigenvalue weighted by molar-refractivity contribution is 5.90. The van der Waals surface area contributed by atoms with Crippen LogP contribution in [0.1, 0.15) is 10.5 Å². The van der Waals surface area contributed by atoms with Gasteiger partial charge in [-0.3, -0.25) is 0 Å². The number of furan rings is 1. The fraction of sp³-hybridized carbons (Fsp3) is 0. The first-order valence-corrected chi connectivity index (χ1v) is 3.96. The van der Waals surface area contributed by atoms with Crippen molar-refractivity contribution >= 4 is 11.8 Å². The molecule has 2 rings (SSSR count). The van der Waals surface area contributed by atoms with Crippen molar-refractivity contribution in [1.29, 1.82) is 0 Å². The molecular weight excluding hydrogens is 200 g/mol. The molecule has 15 heavy (non-hydrogen) atoms. The summed E-state index contributed by atoms with van der Waals surface area (Å²) in [5, 5.41) is 15.7. The van der Waals surface area contributed by atoms with E-state index in [4.69, 9.17) is 15.3 Å². The van der Waals surface area contributed by atoms with Gasteiger partial charge in [-0.05, 0) is 12.1 Å². The minimum atomic E-state index is -1.27. The topological polar surface area (TPSA) is 115 Å². The van der Waals surface area contributed by atoms with Crippen molar-refractivity contribution in [2.24, 2.45) is 0 Å². The first-order valence-electron chi connectivity index (χ1n) is 3.96. The van der Waals surface area contributed by atoms with Crippen molar-refractivity contribution in [1.82, 2.24) is 15.2 Å². The normalized spacial score (nSPS) is 10.1. The fourth-order valence-corrected chi connectivity index (χ4v) is 1.00. The molecule has 0 spiro atoms. The Bertz CT molecular complexity index is 495. The smallest absolute Gasteiger partial charge is 0.360 e. The number of nitrogens with zero attached hydrogens (tertiary/aromatic N) is 3. The molecule has 2 aromatic heterocycles. The summed E-state index contributed by atoms with van der Waals surface area (Å²) < 4.78 is 5.01. The summed E-state index contributed by atoms with van der Waals surface area (Å²) in [4.78, 5) is 14.3. The van der Waals surface area contributed by atoms with Crippen molar-refractivity contribution in [2.45, 2.75) is 0 Å². The predicted molar refractivity (Wildman–Crippen MR) is 48.9 cm³/mol. The van der Waals surface area contributed by atoms with E-state index in [1.165, 1.54) is 6.26 Å². The number of aromatic nitrogens is 3. The third-order valence-corrected chi connectivity index (χ3v) is 1.66. The zero-order chi connectivity index (χ0) is 10.8. The van der Waals surface area contributed by atoms with Crippen LogP contribution in [-0.4, -0.2) is 26.3 Å². The quantitative estimate of drug-likeness (QED) is 0.730. The number of carboxylic acids is 1. The standard InChI is InChI=1S/C8H6N4O3/c9-6-5(8(13)14)11-12-7(10-6)4-2-1-3-15-4/h1-3H,(H,13,14)(H2,9,10,12). The Morgan fingerprint density at radius 1 is 1.47 bits per heavy atom. The lowest BCUT2D eigenvalue weighted by Crippen LogP contribution is -2.10. The zero-order valence-corrected chi connectivity index (χ0v) is 7.41. The molecule has 0 bridgehead atoms. The van der Waals surface area contributed by atoms with E-state index in [1.54, 1.807) is 12.1 Å². The largest absolute Gasteiger partial charge is 0.476 e. The Hall–Kier alpha value is -2.44. The molecule has 0 aromatic carbocycles. The minimum absolute atomic E-state index is 0.155. The summed E-state index contributed by atoms with van der Waals surface area (Å²) >= 11 is 0. The highest BCUT2D eigenvalue weighted by Gasteiger charge is 2.14. The number of nitrogen functional groups attached to an aromatic ring is 1. The Morgan fingerprint density at radius 3 is 2.80 bits per heavy atom. The maximum absolute atomic E-state index is 10.6. The van der Waals surface area contributed by atoms with Crippen LogP contribution in [0.2, 0.25) is 0 Å². The maximum atomic E-state index is 10.6. The van der Waals surface area contributed by atoms with Crippen molar-refractivity contribution in [2.75, 3.05) is 5.73 Å². The first-order chi connectivity index (χ1) is 7.18. The molecule has 0 unspecified atom stereocenters. The number of carbonyl (C=O) groups is 1. The number of rotatable bonds is 2. The van der Waals surface area contributed by atoms with E-state index in [-0.39, 0.29) is 17.3 Å². The second-order valence-electron chi connectivity index (χ2n) is 2.65. The third kappa shape index (κ3) is 1.62. The molecule has 0 radical (unpaired) electrons. The number of anilines is 1. The Labute approximate surface area is 83.6 Å². The molecular formula is C8H6N4O3. The minimum Gasteiger partial charge on any atom is -0.476 e. The zero-order valence-electron chi connectivity index (χ0n) is 7.41. The van der Waals surface area contributed by atoms with Gasteiger partial charge in [0.15, 0.2) is 11.6 Å². The van der Waals surface area contributed by atoms with Gasteiger partial charge in [-0.15, -0.1) is 10.2 Å². The molecule has 7 heteroatoms. The second-order valence-corrected chi connectivity index (χ2v) is 2.65.